The molecule has 0 bridgehead atoms. The number of nitrogens with one attached hydrogen (secondary N) is 1. The lowest BCUT2D eigenvalue weighted by molar-refractivity contribution is -0.140. The van der Waals surface area contributed by atoms with Gasteiger partial charge in [-0.2, -0.15) is 0 Å². The lowest BCUT2D eigenvalue weighted by Gasteiger charge is -2.33. The van der Waals surface area contributed by atoms with Crippen molar-refractivity contribution in [3.05, 3.63) is 48.0 Å². The lowest BCUT2D eigenvalue weighted by Crippen LogP contribution is -2.51. The number of anilines is 1. The van der Waals surface area contributed by atoms with Crippen molar-refractivity contribution >= 4 is 27.5 Å². The van der Waals surface area contributed by atoms with Crippen molar-refractivity contribution < 1.29 is 32.2 Å². The van der Waals surface area contributed by atoms with Crippen LogP contribution >= 0.6 is 0 Å². The molecule has 1 unspecified atom stereocenters. The smallest absolute Gasteiger partial charge is 0.244 e. The van der Waals surface area contributed by atoms with Gasteiger partial charge in [-0.1, -0.05) is 19.1 Å². The molecule has 192 valence electrons. The SMILES string of the molecule is CCC(C(=O)NC)N(Cc1cccc(OC)c1)C(=O)CN(c1cc(OC)ccc1OC)S(C)(=O)=O. The summed E-state index contributed by atoms with van der Waals surface area (Å²) in [7, 11) is 1.96. The Hall–Kier alpha value is -3.47. The number of benzene rings is 2. The average Bonchev–Trinajstić information content (AvgIpc) is 2.85. The normalized spacial score (nSPS) is 11.8. The molecule has 2 rings (SSSR count). The fraction of sp³-hybridized carbons (Fsp3) is 0.417. The molecule has 1 atom stereocenters. The summed E-state index contributed by atoms with van der Waals surface area (Å²) < 4.78 is 42.4. The van der Waals surface area contributed by atoms with E-state index in [9.17, 15) is 18.0 Å². The molecule has 0 saturated heterocycles. The van der Waals surface area contributed by atoms with E-state index < -0.39 is 28.5 Å². The molecule has 11 heteroatoms. The molecular weight excluding hydrogens is 474 g/mol. The molecular formula is C24H33N3O7S. The average molecular weight is 508 g/mol. The molecule has 1 N–H and O–H groups in total. The summed E-state index contributed by atoms with van der Waals surface area (Å²) >= 11 is 0. The summed E-state index contributed by atoms with van der Waals surface area (Å²) in [6.07, 6.45) is 1.33. The summed E-state index contributed by atoms with van der Waals surface area (Å²) in [5.41, 5.74) is 0.877. The number of hydrogen-bond acceptors (Lipinski definition) is 7. The van der Waals surface area contributed by atoms with Crippen LogP contribution in [0.25, 0.3) is 0 Å². The second-order valence-corrected chi connectivity index (χ2v) is 9.63. The van der Waals surface area contributed by atoms with Gasteiger partial charge in [0.2, 0.25) is 21.8 Å². The number of carbonyl (C=O) groups is 2. The minimum Gasteiger partial charge on any atom is -0.497 e. The van der Waals surface area contributed by atoms with Gasteiger partial charge in [0.05, 0.1) is 33.3 Å². The molecule has 0 heterocycles. The van der Waals surface area contributed by atoms with Crippen molar-refractivity contribution in [1.29, 1.82) is 0 Å². The Morgan fingerprint density at radius 1 is 1.00 bits per heavy atom. The van der Waals surface area contributed by atoms with E-state index in [1.807, 2.05) is 0 Å². The molecule has 0 saturated carbocycles. The van der Waals surface area contributed by atoms with Gasteiger partial charge >= 0.3 is 0 Å². The van der Waals surface area contributed by atoms with E-state index in [2.05, 4.69) is 5.32 Å². The first-order chi connectivity index (χ1) is 16.6. The van der Waals surface area contributed by atoms with Crippen molar-refractivity contribution in [2.45, 2.75) is 25.9 Å². The van der Waals surface area contributed by atoms with Gasteiger partial charge in [-0.3, -0.25) is 13.9 Å². The maximum atomic E-state index is 13.6. The largest absolute Gasteiger partial charge is 0.497 e. The molecule has 0 aromatic heterocycles. The number of amides is 2. The van der Waals surface area contributed by atoms with Crippen LogP contribution in [0.5, 0.6) is 17.2 Å². The first-order valence-electron chi connectivity index (χ1n) is 10.9. The van der Waals surface area contributed by atoms with Gasteiger partial charge in [0.25, 0.3) is 0 Å². The van der Waals surface area contributed by atoms with Crippen LogP contribution in [-0.2, 0) is 26.2 Å². The monoisotopic (exact) mass is 507 g/mol. The van der Waals surface area contributed by atoms with Crippen LogP contribution in [0.3, 0.4) is 0 Å². The Kier molecular flexibility index (Phi) is 9.76. The molecule has 0 aliphatic carbocycles. The molecule has 2 aromatic carbocycles. The minimum absolute atomic E-state index is 0.0782. The Morgan fingerprint density at radius 3 is 2.20 bits per heavy atom. The topological polar surface area (TPSA) is 114 Å². The zero-order valence-electron chi connectivity index (χ0n) is 20.9. The van der Waals surface area contributed by atoms with Gasteiger partial charge in [0.15, 0.2) is 0 Å². The summed E-state index contributed by atoms with van der Waals surface area (Å²) in [5.74, 6) is 0.336. The standard InChI is InChI=1S/C24H33N3O7S/c1-7-20(24(29)25-2)26(15-17-9-8-10-18(13-17)32-3)23(28)16-27(35(6,30)31)21-14-19(33-4)11-12-22(21)34-5/h8-14,20H,7,15-16H2,1-6H3,(H,25,29). The highest BCUT2D eigenvalue weighted by molar-refractivity contribution is 7.92. The van der Waals surface area contributed by atoms with E-state index in [0.717, 1.165) is 16.1 Å². The van der Waals surface area contributed by atoms with E-state index in [1.165, 1.54) is 39.3 Å². The molecule has 2 amide bonds. The third kappa shape index (κ3) is 7.01. The molecule has 0 fully saturated rings. The number of rotatable bonds is 12. The van der Waals surface area contributed by atoms with Gasteiger partial charge in [-0.25, -0.2) is 8.42 Å². The predicted molar refractivity (Wildman–Crippen MR) is 133 cm³/mol. The van der Waals surface area contributed by atoms with Crippen LogP contribution in [-0.4, -0.2) is 72.4 Å². The molecule has 0 aliphatic heterocycles. The van der Waals surface area contributed by atoms with Crippen LogP contribution in [0, 0.1) is 0 Å². The highest BCUT2D eigenvalue weighted by Gasteiger charge is 2.32. The number of hydrogen-bond donors (Lipinski definition) is 1. The van der Waals surface area contributed by atoms with Gasteiger partial charge in [-0.05, 0) is 36.2 Å². The first kappa shape index (κ1) is 27.8. The minimum atomic E-state index is -3.92. The molecule has 10 nitrogen and oxygen atoms in total. The maximum Gasteiger partial charge on any atom is 0.244 e. The number of ether oxygens (including phenoxy) is 3. The van der Waals surface area contributed by atoms with Gasteiger partial charge < -0.3 is 24.4 Å². The van der Waals surface area contributed by atoms with E-state index >= 15 is 0 Å². The van der Waals surface area contributed by atoms with Crippen molar-refractivity contribution in [1.82, 2.24) is 10.2 Å². The Morgan fingerprint density at radius 2 is 1.66 bits per heavy atom. The molecule has 0 radical (unpaired) electrons. The van der Waals surface area contributed by atoms with E-state index in [4.69, 9.17) is 14.2 Å². The zero-order valence-corrected chi connectivity index (χ0v) is 21.7. The number of nitrogens with zero attached hydrogens (tertiary/aromatic N) is 2. The fourth-order valence-electron chi connectivity index (χ4n) is 3.64. The summed E-state index contributed by atoms with van der Waals surface area (Å²) in [5, 5.41) is 2.58. The Bertz CT molecular complexity index is 1140. The predicted octanol–water partition coefficient (Wildman–Crippen LogP) is 2.03. The van der Waals surface area contributed by atoms with Gasteiger partial charge in [0, 0.05) is 19.7 Å². The van der Waals surface area contributed by atoms with Crippen LogP contribution in [0.15, 0.2) is 42.5 Å². The highest BCUT2D eigenvalue weighted by atomic mass is 32.2. The maximum absolute atomic E-state index is 13.6. The van der Waals surface area contributed by atoms with E-state index in [1.54, 1.807) is 43.3 Å². The summed E-state index contributed by atoms with van der Waals surface area (Å²) in [6.45, 7) is 1.32. The molecule has 35 heavy (non-hydrogen) atoms. The number of sulfonamides is 1. The zero-order chi connectivity index (χ0) is 26.2. The van der Waals surface area contributed by atoms with Crippen LogP contribution in [0.4, 0.5) is 5.69 Å². The van der Waals surface area contributed by atoms with Crippen LogP contribution in [0.1, 0.15) is 18.9 Å². The van der Waals surface area contributed by atoms with Crippen LogP contribution < -0.4 is 23.8 Å². The molecule has 0 aliphatic rings. The molecule has 0 spiro atoms. The van der Waals surface area contributed by atoms with Crippen molar-refractivity contribution in [3.8, 4) is 17.2 Å². The fourth-order valence-corrected chi connectivity index (χ4v) is 4.48. The number of carbonyl (C=O) groups excluding carboxylic acids is 2. The summed E-state index contributed by atoms with van der Waals surface area (Å²) in [6, 6.07) is 11.0. The Labute approximate surface area is 206 Å². The number of likely N-dealkylation sites (N-methyl/N-ethyl adjacent to an activating group) is 1. The van der Waals surface area contributed by atoms with Crippen molar-refractivity contribution in [2.24, 2.45) is 0 Å². The summed E-state index contributed by atoms with van der Waals surface area (Å²) in [4.78, 5) is 27.7. The van der Waals surface area contributed by atoms with Crippen LogP contribution in [0.2, 0.25) is 0 Å². The molecule has 2 aromatic rings. The van der Waals surface area contributed by atoms with E-state index in [0.29, 0.717) is 17.9 Å². The third-order valence-corrected chi connectivity index (χ3v) is 6.58. The highest BCUT2D eigenvalue weighted by Crippen LogP contribution is 2.34. The second-order valence-electron chi connectivity index (χ2n) is 7.72. The first-order valence-corrected chi connectivity index (χ1v) is 12.8. The second kappa shape index (κ2) is 12.3. The number of methoxy groups -OCH3 is 3. The lowest BCUT2D eigenvalue weighted by atomic mass is 10.1. The van der Waals surface area contributed by atoms with Gasteiger partial charge in [0.1, 0.15) is 29.8 Å². The van der Waals surface area contributed by atoms with Crippen molar-refractivity contribution in [2.75, 3.05) is 45.5 Å². The quantitative estimate of drug-likeness (QED) is 0.468. The van der Waals surface area contributed by atoms with Gasteiger partial charge in [-0.15, -0.1) is 0 Å². The van der Waals surface area contributed by atoms with E-state index in [-0.39, 0.29) is 23.9 Å². The van der Waals surface area contributed by atoms with Crippen molar-refractivity contribution in [3.63, 3.8) is 0 Å². The third-order valence-electron chi connectivity index (χ3n) is 5.45. The Balaban J connectivity index is 2.53.